The average Bonchev–Trinajstić information content (AvgIpc) is 2.78. The van der Waals surface area contributed by atoms with Crippen molar-refractivity contribution in [2.45, 2.75) is 6.04 Å². The quantitative estimate of drug-likeness (QED) is 0.849. The van der Waals surface area contributed by atoms with Crippen LogP contribution in [-0.2, 0) is 11.8 Å². The summed E-state index contributed by atoms with van der Waals surface area (Å²) in [5, 5.41) is 6.77. The Kier molecular flexibility index (Phi) is 4.38. The van der Waals surface area contributed by atoms with E-state index in [1.165, 1.54) is 0 Å². The number of amides is 1. The summed E-state index contributed by atoms with van der Waals surface area (Å²) in [7, 11) is 1.78. The number of nitrogens with two attached hydrogens (primary N) is 1. The predicted octanol–water partition coefficient (Wildman–Crippen LogP) is 2.58. The number of hydrogen-bond donors (Lipinski definition) is 2. The molecular formula is C12H12Br2N4O. The molecule has 5 nitrogen and oxygen atoms in total. The smallest absolute Gasteiger partial charge is 0.246 e. The largest absolute Gasteiger partial charge is 0.323 e. The Bertz CT molecular complexity index is 612. The summed E-state index contributed by atoms with van der Waals surface area (Å²) in [5.41, 5.74) is 7.24. The number of carbonyl (C=O) groups is 1. The number of aryl methyl sites for hydroxylation is 1. The highest BCUT2D eigenvalue weighted by molar-refractivity contribution is 9.11. The van der Waals surface area contributed by atoms with Gasteiger partial charge in [-0.3, -0.25) is 9.48 Å². The molecule has 7 heteroatoms. The number of rotatable bonds is 3. The van der Waals surface area contributed by atoms with E-state index in [1.807, 2.05) is 12.1 Å². The Morgan fingerprint density at radius 1 is 1.47 bits per heavy atom. The van der Waals surface area contributed by atoms with Crippen LogP contribution >= 0.6 is 31.9 Å². The van der Waals surface area contributed by atoms with Crippen molar-refractivity contribution in [3.63, 3.8) is 0 Å². The molecule has 1 amide bonds. The molecule has 0 aliphatic rings. The first kappa shape index (κ1) is 14.2. The minimum atomic E-state index is -0.746. The molecule has 0 fully saturated rings. The normalized spacial score (nSPS) is 12.2. The molecule has 1 unspecified atom stereocenters. The molecule has 1 aromatic carbocycles. The molecule has 0 aliphatic heterocycles. The van der Waals surface area contributed by atoms with E-state index in [1.54, 1.807) is 30.2 Å². The highest BCUT2D eigenvalue weighted by Crippen LogP contribution is 2.26. The monoisotopic (exact) mass is 386 g/mol. The maximum absolute atomic E-state index is 12.1. The maximum Gasteiger partial charge on any atom is 0.246 e. The lowest BCUT2D eigenvalue weighted by Crippen LogP contribution is -2.27. The Morgan fingerprint density at radius 2 is 2.21 bits per heavy atom. The van der Waals surface area contributed by atoms with Gasteiger partial charge >= 0.3 is 0 Å². The summed E-state index contributed by atoms with van der Waals surface area (Å²) in [5.74, 6) is -0.281. The van der Waals surface area contributed by atoms with Crippen molar-refractivity contribution in [1.82, 2.24) is 9.78 Å². The van der Waals surface area contributed by atoms with Crippen LogP contribution in [0.3, 0.4) is 0 Å². The molecule has 1 aromatic heterocycles. The van der Waals surface area contributed by atoms with E-state index < -0.39 is 6.04 Å². The number of anilines is 1. The van der Waals surface area contributed by atoms with Gasteiger partial charge in [-0.25, -0.2) is 0 Å². The van der Waals surface area contributed by atoms with Gasteiger partial charge in [0, 0.05) is 27.8 Å². The van der Waals surface area contributed by atoms with Crippen LogP contribution in [0.5, 0.6) is 0 Å². The van der Waals surface area contributed by atoms with Crippen LogP contribution in [-0.4, -0.2) is 15.7 Å². The van der Waals surface area contributed by atoms with Gasteiger partial charge in [-0.15, -0.1) is 0 Å². The molecular weight excluding hydrogens is 376 g/mol. The van der Waals surface area contributed by atoms with Crippen LogP contribution in [0.1, 0.15) is 11.6 Å². The van der Waals surface area contributed by atoms with Gasteiger partial charge in [-0.1, -0.05) is 15.9 Å². The van der Waals surface area contributed by atoms with Crippen LogP contribution in [0.2, 0.25) is 0 Å². The second kappa shape index (κ2) is 5.85. The Balaban J connectivity index is 2.12. The van der Waals surface area contributed by atoms with Gasteiger partial charge in [0.2, 0.25) is 5.91 Å². The molecule has 2 rings (SSSR count). The van der Waals surface area contributed by atoms with Crippen molar-refractivity contribution >= 4 is 43.5 Å². The van der Waals surface area contributed by atoms with Crippen LogP contribution in [0.25, 0.3) is 0 Å². The number of carbonyl (C=O) groups excluding carboxylic acids is 1. The number of halogens is 2. The minimum Gasteiger partial charge on any atom is -0.323 e. The summed E-state index contributed by atoms with van der Waals surface area (Å²) in [4.78, 5) is 12.1. The summed E-state index contributed by atoms with van der Waals surface area (Å²) in [6.07, 6.45) is 3.31. The van der Waals surface area contributed by atoms with Crippen molar-refractivity contribution < 1.29 is 4.79 Å². The molecule has 1 atom stereocenters. The first-order valence-electron chi connectivity index (χ1n) is 5.47. The standard InChI is InChI=1S/C12H12Br2N4O/c1-18-6-7(5-16-18)11(15)12(19)17-10-3-2-8(13)4-9(10)14/h2-6,11H,15H2,1H3,(H,17,19). The van der Waals surface area contributed by atoms with Gasteiger partial charge < -0.3 is 11.1 Å². The van der Waals surface area contributed by atoms with Gasteiger partial charge in [-0.2, -0.15) is 5.10 Å². The molecule has 0 spiro atoms. The molecule has 19 heavy (non-hydrogen) atoms. The number of hydrogen-bond acceptors (Lipinski definition) is 3. The minimum absolute atomic E-state index is 0.281. The van der Waals surface area contributed by atoms with Crippen LogP contribution in [0.4, 0.5) is 5.69 Å². The molecule has 0 saturated heterocycles. The topological polar surface area (TPSA) is 72.9 Å². The van der Waals surface area contributed by atoms with Crippen LogP contribution < -0.4 is 11.1 Å². The van der Waals surface area contributed by atoms with Crippen molar-refractivity contribution in [3.8, 4) is 0 Å². The lowest BCUT2D eigenvalue weighted by atomic mass is 10.1. The van der Waals surface area contributed by atoms with Gasteiger partial charge in [-0.05, 0) is 34.1 Å². The summed E-state index contributed by atoms with van der Waals surface area (Å²) in [6, 6.07) is 4.74. The zero-order chi connectivity index (χ0) is 14.0. The molecule has 0 bridgehead atoms. The fourth-order valence-electron chi connectivity index (χ4n) is 1.55. The maximum atomic E-state index is 12.1. The predicted molar refractivity (Wildman–Crippen MR) is 80.6 cm³/mol. The van der Waals surface area contributed by atoms with Crippen molar-refractivity contribution in [2.75, 3.05) is 5.32 Å². The van der Waals surface area contributed by atoms with E-state index in [0.29, 0.717) is 11.3 Å². The SMILES string of the molecule is Cn1cc(C(N)C(=O)Nc2ccc(Br)cc2Br)cn1. The first-order chi connectivity index (χ1) is 8.97. The Labute approximate surface area is 127 Å². The van der Waals surface area contributed by atoms with Crippen molar-refractivity contribution in [1.29, 1.82) is 0 Å². The van der Waals surface area contributed by atoms with Crippen molar-refractivity contribution in [3.05, 3.63) is 45.1 Å². The third kappa shape index (κ3) is 3.43. The molecule has 0 saturated carbocycles. The number of nitrogens with zero attached hydrogens (tertiary/aromatic N) is 2. The van der Waals surface area contributed by atoms with Crippen molar-refractivity contribution in [2.24, 2.45) is 12.8 Å². The lowest BCUT2D eigenvalue weighted by molar-refractivity contribution is -0.117. The highest BCUT2D eigenvalue weighted by Gasteiger charge is 2.18. The van der Waals surface area contributed by atoms with E-state index in [-0.39, 0.29) is 5.91 Å². The van der Waals surface area contributed by atoms with Gasteiger partial charge in [0.05, 0.1) is 11.9 Å². The third-order valence-corrected chi connectivity index (χ3v) is 3.70. The Morgan fingerprint density at radius 3 is 2.79 bits per heavy atom. The van der Waals surface area contributed by atoms with Gasteiger partial charge in [0.1, 0.15) is 6.04 Å². The second-order valence-electron chi connectivity index (χ2n) is 4.04. The summed E-state index contributed by atoms with van der Waals surface area (Å²) < 4.78 is 3.32. The summed E-state index contributed by atoms with van der Waals surface area (Å²) >= 11 is 6.74. The first-order valence-corrected chi connectivity index (χ1v) is 7.06. The second-order valence-corrected chi connectivity index (χ2v) is 5.81. The van der Waals surface area contributed by atoms with E-state index in [2.05, 4.69) is 42.3 Å². The summed E-state index contributed by atoms with van der Waals surface area (Å²) in [6.45, 7) is 0. The lowest BCUT2D eigenvalue weighted by Gasteiger charge is -2.12. The highest BCUT2D eigenvalue weighted by atomic mass is 79.9. The van der Waals surface area contributed by atoms with Crippen LogP contribution in [0.15, 0.2) is 39.5 Å². The Hall–Kier alpha value is -1.18. The third-order valence-electron chi connectivity index (χ3n) is 2.56. The molecule has 1 heterocycles. The zero-order valence-corrected chi connectivity index (χ0v) is 13.3. The molecule has 3 N–H and O–H groups in total. The number of aromatic nitrogens is 2. The molecule has 2 aromatic rings. The average molecular weight is 388 g/mol. The fraction of sp³-hybridized carbons (Fsp3) is 0.167. The fourth-order valence-corrected chi connectivity index (χ4v) is 2.70. The number of benzene rings is 1. The number of nitrogens with one attached hydrogen (secondary N) is 1. The van der Waals surface area contributed by atoms with Gasteiger partial charge in [0.25, 0.3) is 0 Å². The van der Waals surface area contributed by atoms with E-state index in [0.717, 1.165) is 8.95 Å². The van der Waals surface area contributed by atoms with E-state index >= 15 is 0 Å². The molecule has 0 aliphatic carbocycles. The zero-order valence-electron chi connectivity index (χ0n) is 10.1. The van der Waals surface area contributed by atoms with E-state index in [9.17, 15) is 4.79 Å². The van der Waals surface area contributed by atoms with Crippen LogP contribution in [0, 0.1) is 0 Å². The molecule has 0 radical (unpaired) electrons. The van der Waals surface area contributed by atoms with E-state index in [4.69, 9.17) is 5.73 Å². The molecule has 100 valence electrons. The van der Waals surface area contributed by atoms with Gasteiger partial charge in [0.15, 0.2) is 0 Å².